The average Bonchev–Trinajstić information content (AvgIpc) is 0.956. The molecule has 8 aromatic carbocycles. The lowest BCUT2D eigenvalue weighted by atomic mass is 9.58. The second-order valence-electron chi connectivity index (χ2n) is 31.4. The Morgan fingerprint density at radius 2 is 0.522 bits per heavy atom. The van der Waals surface area contributed by atoms with Gasteiger partial charge in [-0.05, 0) is 99.5 Å². The van der Waals surface area contributed by atoms with Crippen LogP contribution in [0.2, 0.25) is 0 Å². The summed E-state index contributed by atoms with van der Waals surface area (Å²) in [5.74, 6) is 2.47. The number of ether oxygens (including phenoxy) is 8. The van der Waals surface area contributed by atoms with E-state index in [0.717, 1.165) is 17.5 Å². The summed E-state index contributed by atoms with van der Waals surface area (Å²) < 4.78 is 89.9. The summed E-state index contributed by atoms with van der Waals surface area (Å²) in [6.45, 7) is 2.65. The molecule has 3 aliphatic rings. The maximum absolute atomic E-state index is 11.9. The van der Waals surface area contributed by atoms with Crippen molar-refractivity contribution in [1.82, 2.24) is 0 Å². The molecule has 1 saturated heterocycles. The van der Waals surface area contributed by atoms with E-state index >= 15 is 0 Å². The van der Waals surface area contributed by atoms with Gasteiger partial charge in [0.2, 0.25) is 0 Å². The third-order valence-electron chi connectivity index (χ3n) is 21.9. The van der Waals surface area contributed by atoms with Crippen LogP contribution in [0.3, 0.4) is 0 Å². The van der Waals surface area contributed by atoms with Crippen LogP contribution in [0.1, 0.15) is 158 Å². The summed E-state index contributed by atoms with van der Waals surface area (Å²) in [5, 5.41) is 174. The van der Waals surface area contributed by atoms with Crippen LogP contribution in [-0.2, 0) is 32.2 Å². The lowest BCUT2D eigenvalue weighted by molar-refractivity contribution is 0.185. The molecular weight excluding hydrogens is 1800 g/mol. The molecule has 138 heavy (non-hydrogen) atoms. The Balaban J connectivity index is 0.000000278. The third-order valence-corrected chi connectivity index (χ3v) is 21.9. The summed E-state index contributed by atoms with van der Waals surface area (Å²) in [6.07, 6.45) is -3.68. The van der Waals surface area contributed by atoms with Crippen molar-refractivity contribution < 1.29 is 162 Å². The van der Waals surface area contributed by atoms with Crippen molar-refractivity contribution in [3.05, 3.63) is 190 Å². The van der Waals surface area contributed by atoms with Crippen LogP contribution < -0.4 is 127 Å². The van der Waals surface area contributed by atoms with E-state index in [0.29, 0.717) is 111 Å². The Labute approximate surface area is 805 Å². The highest BCUT2D eigenvalue weighted by Crippen LogP contribution is 2.33. The first kappa shape index (κ1) is 116. The van der Waals surface area contributed by atoms with E-state index in [-0.39, 0.29) is 233 Å². The molecule has 3 aliphatic heterocycles. The second kappa shape index (κ2) is 62.6. The lowest BCUT2D eigenvalue weighted by Gasteiger charge is -2.36. The van der Waals surface area contributed by atoms with E-state index in [1.807, 2.05) is 31.2 Å². The predicted octanol–water partition coefficient (Wildman–Crippen LogP) is -7.13. The molecule has 8 unspecified atom stereocenters. The second-order valence-corrected chi connectivity index (χ2v) is 31.4. The van der Waals surface area contributed by atoms with Crippen molar-refractivity contribution in [2.45, 2.75) is 114 Å². The van der Waals surface area contributed by atoms with Crippen molar-refractivity contribution in [3.8, 4) is 46.0 Å². The number of aliphatic hydroxyl groups excluding tert-OH is 13. The first-order valence-corrected chi connectivity index (χ1v) is 45.8. The van der Waals surface area contributed by atoms with Gasteiger partial charge in [0.05, 0.1) is 102 Å². The molecule has 0 amide bonds. The molecule has 0 aromatic heterocycles. The molecule has 0 saturated carbocycles. The van der Waals surface area contributed by atoms with E-state index in [1.165, 1.54) is 12.1 Å². The molecule has 11 rings (SSSR count). The standard InChI is InChI=1S/C34H52B3N3O12.C33H48B3N3O12.2C11H16BNO4.H2O/c1-2-3-17-48-29-12-4-9-23(26(43)20-38)32(29)35(46)51-37(34-25(28(45)22-40)11-6-14-31(34)50-19-8-16-42)52-36(47)33-24(27(44)21-39)10-5-13-30(33)49-18-7-15-41;37-19-25(43)22-7-1-10-28(46-16-4-13-40)31(22)34-49-35(32-23(26(44)20-38)8-2-11-29(32)47-17-5-14-41)51-36(50-34)33-24(27(45)21-39)9-3-12-30(33)48-18-6-15-42;2*13-7-10-8-3-1-4-9(16-6-2-5-14)11(8)12(15)17-10;/h4-6,9-14,26-28,41-47H,2-3,7-8,15-22,38-40H2,1H3;1-3,7-12,25-27,40-45H,4-6,13-21,37-39H2;2*1,3-4,10,14-15H,2,5-7,13H2;1H2. The van der Waals surface area contributed by atoms with Crippen LogP contribution >= 0.6 is 0 Å². The minimum absolute atomic E-state index is 0. The van der Waals surface area contributed by atoms with Crippen molar-refractivity contribution in [2.24, 2.45) is 45.9 Å². The van der Waals surface area contributed by atoms with Gasteiger partial charge in [-0.3, -0.25) is 0 Å². The number of unbranched alkanes of at least 4 members (excludes halogenated alkanes) is 1. The highest BCUT2D eigenvalue weighted by molar-refractivity contribution is 6.88. The molecule has 752 valence electrons. The highest BCUT2D eigenvalue weighted by Gasteiger charge is 2.51. The minimum atomic E-state index is -1.93. The van der Waals surface area contributed by atoms with Gasteiger partial charge in [0.15, 0.2) is 0 Å². The van der Waals surface area contributed by atoms with E-state index in [4.69, 9.17) is 126 Å². The van der Waals surface area contributed by atoms with E-state index in [1.54, 1.807) is 109 Å². The molecule has 0 bridgehead atoms. The quantitative estimate of drug-likeness (QED) is 0.0124. The molecule has 0 spiro atoms. The molecule has 49 heteroatoms. The number of hydrogen-bond donors (Lipinski definition) is 25. The van der Waals surface area contributed by atoms with Crippen LogP contribution in [0.15, 0.2) is 146 Å². The van der Waals surface area contributed by atoms with Gasteiger partial charge in [0.25, 0.3) is 0 Å². The van der Waals surface area contributed by atoms with E-state index in [2.05, 4.69) is 0 Å². The summed E-state index contributed by atoms with van der Waals surface area (Å²) in [4.78, 5) is 0. The lowest BCUT2D eigenvalue weighted by Crippen LogP contribution is -2.63. The van der Waals surface area contributed by atoms with Gasteiger partial charge >= 0.3 is 56.9 Å². The number of aliphatic hydroxyl groups is 13. The van der Waals surface area contributed by atoms with Gasteiger partial charge in [-0.2, -0.15) is 0 Å². The summed E-state index contributed by atoms with van der Waals surface area (Å²) >= 11 is 0. The van der Waals surface area contributed by atoms with Crippen molar-refractivity contribution in [1.29, 1.82) is 0 Å². The van der Waals surface area contributed by atoms with E-state index < -0.39 is 93.6 Å². The van der Waals surface area contributed by atoms with Gasteiger partial charge in [-0.15, -0.1) is 0 Å². The van der Waals surface area contributed by atoms with Gasteiger partial charge in [0, 0.05) is 187 Å². The fourth-order valence-electron chi connectivity index (χ4n) is 15.0. The Bertz CT molecular complexity index is 4520. The predicted molar refractivity (Wildman–Crippen MR) is 523 cm³/mol. The number of fused-ring (bicyclic) bond motifs is 2. The summed E-state index contributed by atoms with van der Waals surface area (Å²) in [6, 6.07) is 40.2. The number of benzene rings is 8. The zero-order valence-electron chi connectivity index (χ0n) is 77.6. The minimum Gasteiger partial charge on any atom is -0.494 e. The maximum Gasteiger partial charge on any atom is 0.495 e. The normalized spacial score (nSPS) is 15.0. The highest BCUT2D eigenvalue weighted by atomic mass is 16.7. The number of hydrogen-bond acceptors (Lipinski definition) is 40. The van der Waals surface area contributed by atoms with Crippen LogP contribution in [0, 0.1) is 0 Å². The van der Waals surface area contributed by atoms with Gasteiger partial charge < -0.3 is 208 Å². The van der Waals surface area contributed by atoms with Gasteiger partial charge in [-0.25, -0.2) is 0 Å². The van der Waals surface area contributed by atoms with Gasteiger partial charge in [0.1, 0.15) is 46.0 Å². The summed E-state index contributed by atoms with van der Waals surface area (Å²) in [7, 11) is -11.6. The SMILES string of the molecule is CCCCOc1cccc(C(O)CN)c1B(O)OB(OB(O)c1c(OCCCO)cccc1C(O)CN)c1c(OCCCO)cccc1C(O)CN.NCC(O)c1cccc(OCCCO)c1B1OB(c2c(OCCCO)cccc2C(O)CN)OB(c2c(OCCCO)cccc2C(O)CN)O1.NCC1OB(O)c2c(OCCCO)cccc21.NCC1OB(O)c2c(OCCCO)cccc21.O. The molecule has 3 heterocycles. The van der Waals surface area contributed by atoms with Crippen LogP contribution in [0.5, 0.6) is 46.0 Å². The molecule has 1 fully saturated rings. The van der Waals surface area contributed by atoms with Crippen LogP contribution in [0.4, 0.5) is 0 Å². The van der Waals surface area contributed by atoms with Crippen LogP contribution in [-0.4, -0.2) is 300 Å². The Morgan fingerprint density at radius 3 is 0.775 bits per heavy atom. The average molecular weight is 1930 g/mol. The maximum atomic E-state index is 11.9. The Kier molecular flexibility index (Phi) is 52.8. The Morgan fingerprint density at radius 1 is 0.304 bits per heavy atom. The summed E-state index contributed by atoms with van der Waals surface area (Å²) in [5.41, 5.74) is 52.0. The number of rotatable bonds is 56. The zero-order chi connectivity index (χ0) is 99.3. The van der Waals surface area contributed by atoms with Crippen molar-refractivity contribution in [3.63, 3.8) is 0 Å². The molecule has 0 aliphatic carbocycles. The first-order valence-electron chi connectivity index (χ1n) is 45.8. The smallest absolute Gasteiger partial charge is 0.494 e. The fourth-order valence-corrected chi connectivity index (χ4v) is 15.0. The molecule has 35 N–H and O–H groups in total. The van der Waals surface area contributed by atoms with Crippen molar-refractivity contribution in [2.75, 3.05) is 151 Å². The molecule has 8 aromatic rings. The molecular formula is C89H134B8N8O33. The first-order chi connectivity index (χ1) is 66.5. The Hall–Kier alpha value is -8.64. The van der Waals surface area contributed by atoms with Gasteiger partial charge in [-0.1, -0.05) is 110 Å². The topological polar surface area (TPSA) is 722 Å². The van der Waals surface area contributed by atoms with E-state index in [9.17, 15) is 76.3 Å². The van der Waals surface area contributed by atoms with Crippen LogP contribution in [0.25, 0.3) is 0 Å². The molecule has 41 nitrogen and oxygen atoms in total. The zero-order valence-corrected chi connectivity index (χ0v) is 77.6. The number of nitrogens with two attached hydrogens (primary N) is 8. The fraction of sp³-hybridized carbons (Fsp3) is 0.461. The molecule has 0 radical (unpaired) electrons. The third kappa shape index (κ3) is 32.2. The largest absolute Gasteiger partial charge is 0.495 e. The molecule has 8 atom stereocenters. The monoisotopic (exact) mass is 1930 g/mol. The van der Waals surface area contributed by atoms with Crippen molar-refractivity contribution >= 4 is 101 Å².